The van der Waals surface area contributed by atoms with E-state index < -0.39 is 0 Å². The third kappa shape index (κ3) is 2.54. The lowest BCUT2D eigenvalue weighted by atomic mass is 9.89. The molecule has 0 spiro atoms. The standard InChI is InChI=1S/C18H22N2O2/c1-11(2)15-7-5-6-14-10-20(9-8-16(14)15)18(21)17-12(3)19-13(4)22-17/h5-7,11H,8-10H2,1-4H3. The molecule has 0 radical (unpaired) electrons. The SMILES string of the molecule is Cc1nc(C)c(C(=O)N2CCc3c(cccc3C(C)C)C2)o1. The van der Waals surface area contributed by atoms with Gasteiger partial charge in [-0.15, -0.1) is 0 Å². The Hall–Kier alpha value is -2.10. The summed E-state index contributed by atoms with van der Waals surface area (Å²) in [6.07, 6.45) is 0.904. The van der Waals surface area contributed by atoms with Gasteiger partial charge >= 0.3 is 0 Å². The fraction of sp³-hybridized carbons (Fsp3) is 0.444. The van der Waals surface area contributed by atoms with Crippen LogP contribution in [-0.2, 0) is 13.0 Å². The normalized spacial score (nSPS) is 14.3. The van der Waals surface area contributed by atoms with Gasteiger partial charge in [-0.3, -0.25) is 4.79 Å². The van der Waals surface area contributed by atoms with Crippen molar-refractivity contribution in [3.8, 4) is 0 Å². The third-order valence-electron chi connectivity index (χ3n) is 4.31. The van der Waals surface area contributed by atoms with Gasteiger partial charge in [-0.2, -0.15) is 0 Å². The number of aryl methyl sites for hydroxylation is 2. The summed E-state index contributed by atoms with van der Waals surface area (Å²) in [4.78, 5) is 18.7. The molecular formula is C18H22N2O2. The molecule has 0 atom stereocenters. The summed E-state index contributed by atoms with van der Waals surface area (Å²) in [6, 6.07) is 6.41. The van der Waals surface area contributed by atoms with Crippen LogP contribution in [0.4, 0.5) is 0 Å². The van der Waals surface area contributed by atoms with Gasteiger partial charge in [0.15, 0.2) is 5.89 Å². The molecule has 2 heterocycles. The van der Waals surface area contributed by atoms with Crippen molar-refractivity contribution in [1.82, 2.24) is 9.88 Å². The minimum Gasteiger partial charge on any atom is -0.436 e. The van der Waals surface area contributed by atoms with E-state index in [2.05, 4.69) is 37.0 Å². The second kappa shape index (κ2) is 5.59. The van der Waals surface area contributed by atoms with Crippen molar-refractivity contribution in [2.75, 3.05) is 6.54 Å². The Balaban J connectivity index is 1.87. The van der Waals surface area contributed by atoms with Gasteiger partial charge in [-0.05, 0) is 36.0 Å². The van der Waals surface area contributed by atoms with Crippen LogP contribution in [0, 0.1) is 13.8 Å². The molecule has 22 heavy (non-hydrogen) atoms. The van der Waals surface area contributed by atoms with Crippen LogP contribution < -0.4 is 0 Å². The monoisotopic (exact) mass is 298 g/mol. The summed E-state index contributed by atoms with van der Waals surface area (Å²) in [7, 11) is 0. The van der Waals surface area contributed by atoms with Gasteiger partial charge in [-0.1, -0.05) is 32.0 Å². The summed E-state index contributed by atoms with van der Waals surface area (Å²) in [5, 5.41) is 0. The fourth-order valence-corrected chi connectivity index (χ4v) is 3.23. The summed E-state index contributed by atoms with van der Waals surface area (Å²) in [6.45, 7) is 9.40. The first-order chi connectivity index (χ1) is 10.5. The Morgan fingerprint density at radius 2 is 2.09 bits per heavy atom. The highest BCUT2D eigenvalue weighted by Crippen LogP contribution is 2.28. The van der Waals surface area contributed by atoms with Gasteiger partial charge < -0.3 is 9.32 Å². The summed E-state index contributed by atoms with van der Waals surface area (Å²) < 4.78 is 5.48. The number of carbonyl (C=O) groups excluding carboxylic acids is 1. The number of carbonyl (C=O) groups is 1. The zero-order chi connectivity index (χ0) is 15.9. The maximum atomic E-state index is 12.7. The highest BCUT2D eigenvalue weighted by atomic mass is 16.4. The smallest absolute Gasteiger partial charge is 0.291 e. The molecule has 0 bridgehead atoms. The highest BCUT2D eigenvalue weighted by molar-refractivity contribution is 5.92. The average molecular weight is 298 g/mol. The maximum absolute atomic E-state index is 12.7. The van der Waals surface area contributed by atoms with Crippen LogP contribution in [0.5, 0.6) is 0 Å². The molecule has 0 unspecified atom stereocenters. The summed E-state index contributed by atoms with van der Waals surface area (Å²) in [5.41, 5.74) is 4.73. The fourth-order valence-electron chi connectivity index (χ4n) is 3.23. The molecule has 2 aromatic rings. The van der Waals surface area contributed by atoms with E-state index in [1.165, 1.54) is 16.7 Å². The average Bonchev–Trinajstić information content (AvgIpc) is 2.83. The first kappa shape index (κ1) is 14.8. The van der Waals surface area contributed by atoms with E-state index in [1.54, 1.807) is 6.92 Å². The number of aromatic nitrogens is 1. The van der Waals surface area contributed by atoms with Gasteiger partial charge in [0.05, 0.1) is 5.69 Å². The number of amides is 1. The van der Waals surface area contributed by atoms with Crippen LogP contribution in [0.25, 0.3) is 0 Å². The molecule has 0 N–H and O–H groups in total. The molecule has 4 nitrogen and oxygen atoms in total. The zero-order valence-corrected chi connectivity index (χ0v) is 13.6. The zero-order valence-electron chi connectivity index (χ0n) is 13.6. The Labute approximate surface area is 131 Å². The summed E-state index contributed by atoms with van der Waals surface area (Å²) >= 11 is 0. The van der Waals surface area contributed by atoms with Gasteiger partial charge in [0.25, 0.3) is 5.91 Å². The molecular weight excluding hydrogens is 276 g/mol. The topological polar surface area (TPSA) is 46.3 Å². The Kier molecular flexibility index (Phi) is 3.77. The van der Waals surface area contributed by atoms with E-state index in [0.29, 0.717) is 29.8 Å². The number of rotatable bonds is 2. The van der Waals surface area contributed by atoms with E-state index in [0.717, 1.165) is 13.0 Å². The lowest BCUT2D eigenvalue weighted by molar-refractivity contribution is 0.0699. The Morgan fingerprint density at radius 1 is 1.32 bits per heavy atom. The number of oxazole rings is 1. The molecule has 1 amide bonds. The Bertz CT molecular complexity index is 716. The van der Waals surface area contributed by atoms with Crippen LogP contribution in [0.1, 0.15) is 58.6 Å². The van der Waals surface area contributed by atoms with Crippen LogP contribution in [0.2, 0.25) is 0 Å². The van der Waals surface area contributed by atoms with Crippen LogP contribution in [-0.4, -0.2) is 22.3 Å². The quantitative estimate of drug-likeness (QED) is 0.851. The number of fused-ring (bicyclic) bond motifs is 1. The molecule has 3 rings (SSSR count). The largest absolute Gasteiger partial charge is 0.436 e. The van der Waals surface area contributed by atoms with E-state index in [1.807, 2.05) is 11.8 Å². The predicted molar refractivity (Wildman–Crippen MR) is 85.0 cm³/mol. The van der Waals surface area contributed by atoms with Gasteiger partial charge in [0, 0.05) is 20.0 Å². The number of benzene rings is 1. The highest BCUT2D eigenvalue weighted by Gasteiger charge is 2.27. The van der Waals surface area contributed by atoms with E-state index in [4.69, 9.17) is 4.42 Å². The van der Waals surface area contributed by atoms with Crippen molar-refractivity contribution < 1.29 is 9.21 Å². The molecule has 0 fully saturated rings. The van der Waals surface area contributed by atoms with Crippen LogP contribution >= 0.6 is 0 Å². The Morgan fingerprint density at radius 3 is 2.73 bits per heavy atom. The lowest BCUT2D eigenvalue weighted by Crippen LogP contribution is -2.36. The molecule has 0 saturated carbocycles. The van der Waals surface area contributed by atoms with Gasteiger partial charge in [0.1, 0.15) is 0 Å². The molecule has 116 valence electrons. The third-order valence-corrected chi connectivity index (χ3v) is 4.31. The molecule has 1 aromatic heterocycles. The van der Waals surface area contributed by atoms with Crippen molar-refractivity contribution in [3.05, 3.63) is 52.2 Å². The number of hydrogen-bond acceptors (Lipinski definition) is 3. The van der Waals surface area contributed by atoms with Crippen molar-refractivity contribution >= 4 is 5.91 Å². The van der Waals surface area contributed by atoms with Gasteiger partial charge in [0.2, 0.25) is 5.76 Å². The molecule has 1 aliphatic heterocycles. The van der Waals surface area contributed by atoms with Crippen molar-refractivity contribution in [3.63, 3.8) is 0 Å². The van der Waals surface area contributed by atoms with Crippen LogP contribution in [0.15, 0.2) is 22.6 Å². The predicted octanol–water partition coefficient (Wildman–Crippen LogP) is 3.61. The van der Waals surface area contributed by atoms with Crippen molar-refractivity contribution in [1.29, 1.82) is 0 Å². The van der Waals surface area contributed by atoms with Crippen LogP contribution in [0.3, 0.4) is 0 Å². The minimum absolute atomic E-state index is 0.0568. The molecule has 4 heteroatoms. The second-order valence-electron chi connectivity index (χ2n) is 6.26. The second-order valence-corrected chi connectivity index (χ2v) is 6.26. The molecule has 0 aliphatic carbocycles. The van der Waals surface area contributed by atoms with Gasteiger partial charge in [-0.25, -0.2) is 4.98 Å². The molecule has 0 saturated heterocycles. The molecule has 1 aromatic carbocycles. The number of nitrogens with zero attached hydrogens (tertiary/aromatic N) is 2. The van der Waals surface area contributed by atoms with Crippen molar-refractivity contribution in [2.45, 2.75) is 46.6 Å². The first-order valence-electron chi connectivity index (χ1n) is 7.81. The first-order valence-corrected chi connectivity index (χ1v) is 7.81. The summed E-state index contributed by atoms with van der Waals surface area (Å²) in [5.74, 6) is 1.37. The van der Waals surface area contributed by atoms with E-state index in [-0.39, 0.29) is 5.91 Å². The van der Waals surface area contributed by atoms with E-state index >= 15 is 0 Å². The van der Waals surface area contributed by atoms with Crippen molar-refractivity contribution in [2.24, 2.45) is 0 Å². The lowest BCUT2D eigenvalue weighted by Gasteiger charge is -2.30. The molecule has 1 aliphatic rings. The number of hydrogen-bond donors (Lipinski definition) is 0. The van der Waals surface area contributed by atoms with E-state index in [9.17, 15) is 4.79 Å². The minimum atomic E-state index is -0.0568. The maximum Gasteiger partial charge on any atom is 0.291 e.